The van der Waals surface area contributed by atoms with Gasteiger partial charge < -0.3 is 10.2 Å². The molecule has 1 amide bonds. The van der Waals surface area contributed by atoms with E-state index < -0.39 is 0 Å². The number of amides is 1. The maximum absolute atomic E-state index is 12.1. The highest BCUT2D eigenvalue weighted by Crippen LogP contribution is 2.10. The van der Waals surface area contributed by atoms with Gasteiger partial charge in [-0.1, -0.05) is 0 Å². The molecule has 1 rings (SSSR count). The third-order valence-corrected chi connectivity index (χ3v) is 2.49. The number of hydrogen-bond donors (Lipinski definition) is 1. The van der Waals surface area contributed by atoms with Crippen LogP contribution in [0.15, 0.2) is 18.3 Å². The molecule has 0 saturated heterocycles. The van der Waals surface area contributed by atoms with Crippen LogP contribution in [0.2, 0.25) is 0 Å². The van der Waals surface area contributed by atoms with E-state index in [2.05, 4.69) is 10.3 Å². The molecule has 0 fully saturated rings. The van der Waals surface area contributed by atoms with Crippen LogP contribution in [0.3, 0.4) is 0 Å². The predicted octanol–water partition coefficient (Wildman–Crippen LogP) is 1.99. The van der Waals surface area contributed by atoms with E-state index in [-0.39, 0.29) is 11.9 Å². The van der Waals surface area contributed by atoms with Gasteiger partial charge in [0.15, 0.2) is 0 Å². The molecule has 4 nitrogen and oxygen atoms in total. The molecule has 4 heteroatoms. The van der Waals surface area contributed by atoms with E-state index in [1.165, 1.54) is 0 Å². The topological polar surface area (TPSA) is 45.2 Å². The van der Waals surface area contributed by atoms with Gasteiger partial charge in [-0.05, 0) is 32.9 Å². The normalized spacial score (nSPS) is 10.3. The maximum atomic E-state index is 12.1. The molecule has 88 valence electrons. The molecular weight excluding hydrogens is 202 g/mol. The molecule has 1 N–H and O–H groups in total. The summed E-state index contributed by atoms with van der Waals surface area (Å²) in [6.07, 6.45) is 1.65. The maximum Gasteiger partial charge on any atom is 0.272 e. The monoisotopic (exact) mass is 221 g/mol. The second kappa shape index (κ2) is 5.49. The van der Waals surface area contributed by atoms with Crippen molar-refractivity contribution in [1.29, 1.82) is 0 Å². The number of carbonyl (C=O) groups excluding carboxylic acids is 1. The smallest absolute Gasteiger partial charge is 0.272 e. The van der Waals surface area contributed by atoms with Gasteiger partial charge in [-0.3, -0.25) is 9.78 Å². The van der Waals surface area contributed by atoms with E-state index in [1.807, 2.05) is 33.9 Å². The molecule has 0 aliphatic rings. The van der Waals surface area contributed by atoms with Gasteiger partial charge in [-0.25, -0.2) is 0 Å². The SMILES string of the molecule is CCN(C(=O)c1cc(NC)ccn1)C(C)C. The number of nitrogens with one attached hydrogen (secondary N) is 1. The summed E-state index contributed by atoms with van der Waals surface area (Å²) in [5, 5.41) is 3.00. The molecule has 1 aromatic heterocycles. The quantitative estimate of drug-likeness (QED) is 0.845. The molecule has 0 bridgehead atoms. The van der Waals surface area contributed by atoms with Crippen molar-refractivity contribution in [2.45, 2.75) is 26.8 Å². The zero-order chi connectivity index (χ0) is 12.1. The fraction of sp³-hybridized carbons (Fsp3) is 0.500. The minimum absolute atomic E-state index is 0.0189. The van der Waals surface area contributed by atoms with Crippen LogP contribution in [0, 0.1) is 0 Å². The van der Waals surface area contributed by atoms with Crippen LogP contribution in [0.4, 0.5) is 5.69 Å². The van der Waals surface area contributed by atoms with Gasteiger partial charge in [0.05, 0.1) is 0 Å². The Kier molecular flexibility index (Phi) is 4.28. The molecule has 1 heterocycles. The largest absolute Gasteiger partial charge is 0.388 e. The summed E-state index contributed by atoms with van der Waals surface area (Å²) in [4.78, 5) is 18.0. The molecule has 0 atom stereocenters. The van der Waals surface area contributed by atoms with Crippen LogP contribution in [0.1, 0.15) is 31.3 Å². The van der Waals surface area contributed by atoms with Crippen LogP contribution in [-0.4, -0.2) is 35.4 Å². The lowest BCUT2D eigenvalue weighted by molar-refractivity contribution is 0.0711. The number of carbonyl (C=O) groups is 1. The Hall–Kier alpha value is -1.58. The van der Waals surface area contributed by atoms with E-state index in [9.17, 15) is 4.79 Å². The highest BCUT2D eigenvalue weighted by Gasteiger charge is 2.18. The zero-order valence-electron chi connectivity index (χ0n) is 10.3. The molecule has 0 aliphatic heterocycles. The molecule has 0 spiro atoms. The lowest BCUT2D eigenvalue weighted by Crippen LogP contribution is -2.37. The van der Waals surface area contributed by atoms with Gasteiger partial charge in [0.2, 0.25) is 0 Å². The molecule has 0 aliphatic carbocycles. The van der Waals surface area contributed by atoms with Gasteiger partial charge in [0, 0.05) is 31.5 Å². The Bertz CT molecular complexity index is 363. The third kappa shape index (κ3) is 2.72. The Morgan fingerprint density at radius 2 is 2.25 bits per heavy atom. The predicted molar refractivity (Wildman–Crippen MR) is 65.6 cm³/mol. The van der Waals surface area contributed by atoms with Crippen molar-refractivity contribution in [2.75, 3.05) is 18.9 Å². The molecule has 1 aromatic rings. The van der Waals surface area contributed by atoms with Crippen molar-refractivity contribution in [3.05, 3.63) is 24.0 Å². The second-order valence-electron chi connectivity index (χ2n) is 3.86. The number of anilines is 1. The van der Waals surface area contributed by atoms with E-state index in [0.29, 0.717) is 12.2 Å². The van der Waals surface area contributed by atoms with Gasteiger partial charge >= 0.3 is 0 Å². The number of hydrogen-bond acceptors (Lipinski definition) is 3. The lowest BCUT2D eigenvalue weighted by Gasteiger charge is -2.24. The zero-order valence-corrected chi connectivity index (χ0v) is 10.3. The first-order valence-corrected chi connectivity index (χ1v) is 5.55. The Labute approximate surface area is 96.7 Å². The standard InChI is InChI=1S/C12H19N3O/c1-5-15(9(2)3)12(16)11-8-10(13-4)6-7-14-11/h6-9H,5H2,1-4H3,(H,13,14). The number of pyridine rings is 1. The van der Waals surface area contributed by atoms with Gasteiger partial charge in [0.1, 0.15) is 5.69 Å². The van der Waals surface area contributed by atoms with Crippen molar-refractivity contribution in [3.8, 4) is 0 Å². The summed E-state index contributed by atoms with van der Waals surface area (Å²) in [6, 6.07) is 3.80. The summed E-state index contributed by atoms with van der Waals surface area (Å²) < 4.78 is 0. The van der Waals surface area contributed by atoms with E-state index in [4.69, 9.17) is 0 Å². The summed E-state index contributed by atoms with van der Waals surface area (Å²) in [5.74, 6) is -0.0189. The minimum atomic E-state index is -0.0189. The third-order valence-electron chi connectivity index (χ3n) is 2.49. The van der Waals surface area contributed by atoms with Crippen molar-refractivity contribution in [1.82, 2.24) is 9.88 Å². The highest BCUT2D eigenvalue weighted by atomic mass is 16.2. The fourth-order valence-electron chi connectivity index (χ4n) is 1.59. The number of aromatic nitrogens is 1. The van der Waals surface area contributed by atoms with Crippen molar-refractivity contribution in [3.63, 3.8) is 0 Å². The Balaban J connectivity index is 2.94. The fourth-order valence-corrected chi connectivity index (χ4v) is 1.59. The Morgan fingerprint density at radius 1 is 1.56 bits per heavy atom. The molecule has 16 heavy (non-hydrogen) atoms. The number of rotatable bonds is 4. The van der Waals surface area contributed by atoms with Crippen LogP contribution < -0.4 is 5.32 Å². The van der Waals surface area contributed by atoms with Crippen LogP contribution in [-0.2, 0) is 0 Å². The van der Waals surface area contributed by atoms with Gasteiger partial charge in [-0.2, -0.15) is 0 Å². The van der Waals surface area contributed by atoms with E-state index in [1.54, 1.807) is 17.2 Å². The van der Waals surface area contributed by atoms with E-state index >= 15 is 0 Å². The average molecular weight is 221 g/mol. The van der Waals surface area contributed by atoms with Gasteiger partial charge in [-0.15, -0.1) is 0 Å². The van der Waals surface area contributed by atoms with E-state index in [0.717, 1.165) is 5.69 Å². The first kappa shape index (κ1) is 12.5. The number of nitrogens with zero attached hydrogens (tertiary/aromatic N) is 2. The first-order chi connectivity index (χ1) is 7.60. The molecular formula is C12H19N3O. The van der Waals surface area contributed by atoms with Gasteiger partial charge in [0.25, 0.3) is 5.91 Å². The van der Waals surface area contributed by atoms with Crippen molar-refractivity contribution in [2.24, 2.45) is 0 Å². The highest BCUT2D eigenvalue weighted by molar-refractivity contribution is 5.93. The molecule has 0 unspecified atom stereocenters. The summed E-state index contributed by atoms with van der Waals surface area (Å²) in [5.41, 5.74) is 1.39. The summed E-state index contributed by atoms with van der Waals surface area (Å²) in [7, 11) is 1.82. The minimum Gasteiger partial charge on any atom is -0.388 e. The average Bonchev–Trinajstić information content (AvgIpc) is 2.29. The summed E-state index contributed by atoms with van der Waals surface area (Å²) in [6.45, 7) is 6.68. The van der Waals surface area contributed by atoms with Crippen LogP contribution in [0.5, 0.6) is 0 Å². The van der Waals surface area contributed by atoms with Crippen LogP contribution in [0.25, 0.3) is 0 Å². The molecule has 0 aromatic carbocycles. The molecule has 0 saturated carbocycles. The lowest BCUT2D eigenvalue weighted by atomic mass is 10.2. The Morgan fingerprint density at radius 3 is 2.75 bits per heavy atom. The first-order valence-electron chi connectivity index (χ1n) is 5.55. The second-order valence-corrected chi connectivity index (χ2v) is 3.86. The van der Waals surface area contributed by atoms with Crippen molar-refractivity contribution >= 4 is 11.6 Å². The van der Waals surface area contributed by atoms with Crippen molar-refractivity contribution < 1.29 is 4.79 Å². The summed E-state index contributed by atoms with van der Waals surface area (Å²) >= 11 is 0. The van der Waals surface area contributed by atoms with Crippen LogP contribution >= 0.6 is 0 Å². The molecule has 0 radical (unpaired) electrons.